The van der Waals surface area contributed by atoms with E-state index >= 15 is 0 Å². The molecule has 6 rings (SSSR count). The lowest BCUT2D eigenvalue weighted by molar-refractivity contribution is 0.313. The predicted octanol–water partition coefficient (Wildman–Crippen LogP) is 3.05. The van der Waals surface area contributed by atoms with E-state index < -0.39 is 0 Å². The van der Waals surface area contributed by atoms with E-state index in [0.717, 1.165) is 48.1 Å². The van der Waals surface area contributed by atoms with Crippen molar-refractivity contribution in [3.63, 3.8) is 0 Å². The van der Waals surface area contributed by atoms with Crippen molar-refractivity contribution in [2.75, 3.05) is 38.1 Å². The van der Waals surface area contributed by atoms with E-state index in [4.69, 9.17) is 5.26 Å². The molecule has 4 aromatic rings. The van der Waals surface area contributed by atoms with Crippen molar-refractivity contribution in [3.8, 4) is 17.3 Å². The van der Waals surface area contributed by atoms with Gasteiger partial charge in [0, 0.05) is 56.2 Å². The first-order chi connectivity index (χ1) is 15.1. The summed E-state index contributed by atoms with van der Waals surface area (Å²) < 4.78 is 1.80. The molecule has 3 heterocycles. The van der Waals surface area contributed by atoms with Gasteiger partial charge < -0.3 is 14.2 Å². The zero-order valence-electron chi connectivity index (χ0n) is 17.2. The van der Waals surface area contributed by atoms with Crippen LogP contribution in [0.5, 0.6) is 0 Å². The van der Waals surface area contributed by atoms with Gasteiger partial charge in [-0.05, 0) is 53.7 Å². The molecule has 1 saturated heterocycles. The molecule has 0 bridgehead atoms. The van der Waals surface area contributed by atoms with E-state index in [0.29, 0.717) is 22.5 Å². The second-order valence-electron chi connectivity index (χ2n) is 8.34. The first kappa shape index (κ1) is 18.1. The Morgan fingerprint density at radius 2 is 1.84 bits per heavy atom. The third-order valence-corrected chi connectivity index (χ3v) is 6.34. The van der Waals surface area contributed by atoms with E-state index in [9.17, 15) is 4.79 Å². The van der Waals surface area contributed by atoms with Gasteiger partial charge in [-0.1, -0.05) is 6.07 Å². The normalized spacial score (nSPS) is 15.8. The maximum Gasteiger partial charge on any atom is 0.192 e. The minimum atomic E-state index is 0.0104. The number of hydrogen-bond acceptors (Lipinski definition) is 5. The number of piperazine rings is 1. The molecule has 2 aliphatic rings. The molecular weight excluding hydrogens is 386 g/mol. The van der Waals surface area contributed by atoms with Gasteiger partial charge in [0.15, 0.2) is 5.43 Å². The van der Waals surface area contributed by atoms with E-state index in [2.05, 4.69) is 46.1 Å². The Balaban J connectivity index is 1.48. The van der Waals surface area contributed by atoms with Crippen LogP contribution in [0.4, 0.5) is 5.69 Å². The molecule has 0 atom stereocenters. The highest BCUT2D eigenvalue weighted by Gasteiger charge is 2.27. The predicted molar refractivity (Wildman–Crippen MR) is 121 cm³/mol. The Kier molecular flexibility index (Phi) is 3.89. The van der Waals surface area contributed by atoms with Gasteiger partial charge in [0.1, 0.15) is 11.7 Å². The number of rotatable bonds is 2. The van der Waals surface area contributed by atoms with Crippen LogP contribution in [0.1, 0.15) is 16.7 Å². The number of likely N-dealkylation sites (N-methyl/N-ethyl adjacent to an activating group) is 1. The van der Waals surface area contributed by atoms with Crippen molar-refractivity contribution < 1.29 is 0 Å². The van der Waals surface area contributed by atoms with Crippen molar-refractivity contribution >= 4 is 22.1 Å². The second-order valence-corrected chi connectivity index (χ2v) is 8.34. The molecule has 31 heavy (non-hydrogen) atoms. The van der Waals surface area contributed by atoms with E-state index in [1.54, 1.807) is 22.7 Å². The fourth-order valence-corrected chi connectivity index (χ4v) is 4.43. The van der Waals surface area contributed by atoms with Gasteiger partial charge in [-0.2, -0.15) is 5.26 Å². The molecule has 1 fully saturated rings. The van der Waals surface area contributed by atoms with Crippen LogP contribution in [-0.2, 0) is 0 Å². The summed E-state index contributed by atoms with van der Waals surface area (Å²) in [5.41, 5.74) is 5.52. The average Bonchev–Trinajstić information content (AvgIpc) is 3.50. The fraction of sp³-hybridized carbons (Fsp3) is 0.200. The summed E-state index contributed by atoms with van der Waals surface area (Å²) in [6.07, 6.45) is 5.54. The van der Waals surface area contributed by atoms with Crippen LogP contribution < -0.4 is 10.3 Å². The summed E-state index contributed by atoms with van der Waals surface area (Å²) in [7, 11) is 2.16. The third kappa shape index (κ3) is 2.97. The summed E-state index contributed by atoms with van der Waals surface area (Å²) in [4.78, 5) is 22.6. The maximum atomic E-state index is 13.2. The number of nitrogens with zero attached hydrogens (tertiary/aromatic N) is 5. The molecule has 6 heteroatoms. The number of aromatic nitrogens is 2. The van der Waals surface area contributed by atoms with Gasteiger partial charge in [0.2, 0.25) is 0 Å². The Morgan fingerprint density at radius 1 is 1.00 bits per heavy atom. The lowest BCUT2D eigenvalue weighted by Gasteiger charge is -2.34. The van der Waals surface area contributed by atoms with E-state index in [-0.39, 0.29) is 5.43 Å². The molecule has 1 aliphatic carbocycles. The summed E-state index contributed by atoms with van der Waals surface area (Å²) >= 11 is 0. The number of nitriles is 1. The Hall–Kier alpha value is -3.69. The number of fused-ring (bicyclic) bond motifs is 4. The maximum absolute atomic E-state index is 13.2. The van der Waals surface area contributed by atoms with Crippen LogP contribution in [0.25, 0.3) is 27.7 Å². The van der Waals surface area contributed by atoms with Crippen molar-refractivity contribution in [2.45, 2.75) is 0 Å². The molecule has 0 N–H and O–H groups in total. The summed E-state index contributed by atoms with van der Waals surface area (Å²) in [5, 5.41) is 11.3. The average molecular weight is 406 g/mol. The van der Waals surface area contributed by atoms with Crippen LogP contribution in [0.2, 0.25) is 0 Å². The Morgan fingerprint density at radius 3 is 2.65 bits per heavy atom. The topological polar surface area (TPSA) is 64.6 Å². The third-order valence-electron chi connectivity index (χ3n) is 6.34. The highest BCUT2D eigenvalue weighted by molar-refractivity contribution is 5.97. The summed E-state index contributed by atoms with van der Waals surface area (Å²) in [5.74, 6) is 0. The standard InChI is InChI=1S/C25H20N5O/c1-28-6-8-29(9-7-28)18-4-3-17-10-22(25(31)21-12-20(21)19(17)11-18)23-15-30-14-16(13-26)2-5-24(30)27-23/h2-5,10-12,14-15H,6-9H2,1H3. The Labute approximate surface area is 179 Å². The monoisotopic (exact) mass is 406 g/mol. The molecule has 6 nitrogen and oxygen atoms in total. The number of imidazole rings is 1. The molecule has 0 unspecified atom stereocenters. The minimum absolute atomic E-state index is 0.0104. The van der Waals surface area contributed by atoms with E-state index in [1.807, 2.05) is 18.7 Å². The zero-order valence-corrected chi connectivity index (χ0v) is 17.2. The van der Waals surface area contributed by atoms with Gasteiger partial charge in [0.25, 0.3) is 0 Å². The van der Waals surface area contributed by atoms with Crippen molar-refractivity contribution in [1.29, 1.82) is 5.26 Å². The van der Waals surface area contributed by atoms with Crippen molar-refractivity contribution in [3.05, 3.63) is 82.1 Å². The molecular formula is C25H20N5O. The Bertz CT molecular complexity index is 1470. The first-order valence-electron chi connectivity index (χ1n) is 10.4. The minimum Gasteiger partial charge on any atom is -0.369 e. The number of anilines is 1. The lowest BCUT2D eigenvalue weighted by Crippen LogP contribution is -2.44. The molecule has 1 aliphatic heterocycles. The molecule has 151 valence electrons. The fourth-order valence-electron chi connectivity index (χ4n) is 4.43. The molecule has 2 aromatic carbocycles. The van der Waals surface area contributed by atoms with Gasteiger partial charge in [-0.15, -0.1) is 0 Å². The van der Waals surface area contributed by atoms with Crippen LogP contribution in [0, 0.1) is 17.8 Å². The molecule has 0 spiro atoms. The number of hydrogen-bond donors (Lipinski definition) is 0. The summed E-state index contributed by atoms with van der Waals surface area (Å²) in [6.45, 7) is 4.13. The molecule has 2 aromatic heterocycles. The zero-order chi connectivity index (χ0) is 21.1. The largest absolute Gasteiger partial charge is 0.369 e. The van der Waals surface area contributed by atoms with Gasteiger partial charge >= 0.3 is 0 Å². The number of benzene rings is 1. The molecule has 1 radical (unpaired) electrons. The van der Waals surface area contributed by atoms with Crippen LogP contribution in [0.3, 0.4) is 0 Å². The van der Waals surface area contributed by atoms with Crippen molar-refractivity contribution in [2.24, 2.45) is 0 Å². The number of pyridine rings is 1. The van der Waals surface area contributed by atoms with Gasteiger partial charge in [-0.25, -0.2) is 4.98 Å². The van der Waals surface area contributed by atoms with Crippen LogP contribution in [-0.4, -0.2) is 47.5 Å². The second kappa shape index (κ2) is 6.66. The highest BCUT2D eigenvalue weighted by atomic mass is 16.1. The smallest absolute Gasteiger partial charge is 0.192 e. The lowest BCUT2D eigenvalue weighted by atomic mass is 10.1. The van der Waals surface area contributed by atoms with Crippen molar-refractivity contribution in [1.82, 2.24) is 14.3 Å². The van der Waals surface area contributed by atoms with Crippen LogP contribution >= 0.6 is 0 Å². The quantitative estimate of drug-likeness (QED) is 0.451. The molecule has 0 saturated carbocycles. The van der Waals surface area contributed by atoms with Crippen LogP contribution in [0.15, 0.2) is 53.6 Å². The molecule has 0 amide bonds. The van der Waals surface area contributed by atoms with Gasteiger partial charge in [0.05, 0.1) is 16.8 Å². The summed E-state index contributed by atoms with van der Waals surface area (Å²) in [6, 6.07) is 14.1. The SMILES string of the molecule is CN1CCN(c2ccc3cc(-c4cn5cc(C#N)ccc5n4)c(=O)c4c(c3c2)[CH]4)CC1. The highest BCUT2D eigenvalue weighted by Crippen LogP contribution is 2.37. The van der Waals surface area contributed by atoms with E-state index in [1.165, 1.54) is 5.69 Å². The van der Waals surface area contributed by atoms with Gasteiger partial charge in [-0.3, -0.25) is 4.79 Å². The first-order valence-corrected chi connectivity index (χ1v) is 10.4.